The van der Waals surface area contributed by atoms with E-state index < -0.39 is 0 Å². The molecule has 0 unspecified atom stereocenters. The number of nitrogens with zero attached hydrogens (tertiary/aromatic N) is 2. The summed E-state index contributed by atoms with van der Waals surface area (Å²) in [6.45, 7) is 4.47. The zero-order chi connectivity index (χ0) is 20.4. The molecule has 4 aromatic rings. The van der Waals surface area contributed by atoms with Gasteiger partial charge in [-0.1, -0.05) is 29.8 Å². The van der Waals surface area contributed by atoms with Crippen LogP contribution in [-0.2, 0) is 0 Å². The van der Waals surface area contributed by atoms with Gasteiger partial charge in [0.15, 0.2) is 0 Å². The first kappa shape index (κ1) is 19.0. The molecule has 2 aromatic carbocycles. The van der Waals surface area contributed by atoms with Gasteiger partial charge in [0.25, 0.3) is 5.91 Å². The molecule has 1 amide bonds. The fraction of sp³-hybridized carbons (Fsp3) is 0.130. The van der Waals surface area contributed by atoms with Crippen LogP contribution >= 0.6 is 11.6 Å². The first-order chi connectivity index (χ1) is 14.0. The molecule has 0 aliphatic heterocycles. The van der Waals surface area contributed by atoms with Gasteiger partial charge in [-0.25, -0.2) is 4.98 Å². The van der Waals surface area contributed by atoms with E-state index in [-0.39, 0.29) is 5.91 Å². The Morgan fingerprint density at radius 1 is 1.17 bits per heavy atom. The van der Waals surface area contributed by atoms with Crippen LogP contribution in [0.15, 0.2) is 67.0 Å². The van der Waals surface area contributed by atoms with Crippen LogP contribution in [-0.4, -0.2) is 21.9 Å². The van der Waals surface area contributed by atoms with Crippen molar-refractivity contribution in [1.82, 2.24) is 9.38 Å². The maximum atomic E-state index is 12.6. The van der Waals surface area contributed by atoms with Crippen molar-refractivity contribution in [2.75, 3.05) is 11.9 Å². The Labute approximate surface area is 173 Å². The summed E-state index contributed by atoms with van der Waals surface area (Å²) < 4.78 is 7.41. The van der Waals surface area contributed by atoms with Crippen molar-refractivity contribution in [3.63, 3.8) is 0 Å². The number of aryl methyl sites for hydroxylation is 1. The number of amides is 1. The highest BCUT2D eigenvalue weighted by Crippen LogP contribution is 2.25. The Morgan fingerprint density at radius 2 is 1.97 bits per heavy atom. The summed E-state index contributed by atoms with van der Waals surface area (Å²) in [5.74, 6) is 0.371. The van der Waals surface area contributed by atoms with Gasteiger partial charge in [0.1, 0.15) is 11.4 Å². The smallest absolute Gasteiger partial charge is 0.257 e. The van der Waals surface area contributed by atoms with Crippen molar-refractivity contribution in [1.29, 1.82) is 0 Å². The Kier molecular flexibility index (Phi) is 5.23. The lowest BCUT2D eigenvalue weighted by Crippen LogP contribution is -2.12. The Bertz CT molecular complexity index is 1180. The van der Waals surface area contributed by atoms with E-state index in [1.807, 2.05) is 67.0 Å². The number of imidazole rings is 1. The molecule has 0 aliphatic carbocycles. The molecule has 0 aliphatic rings. The van der Waals surface area contributed by atoms with Crippen LogP contribution in [0.3, 0.4) is 0 Å². The average molecular weight is 406 g/mol. The van der Waals surface area contributed by atoms with Gasteiger partial charge in [-0.15, -0.1) is 0 Å². The zero-order valence-electron chi connectivity index (χ0n) is 16.1. The lowest BCUT2D eigenvalue weighted by Gasteiger charge is -2.09. The van der Waals surface area contributed by atoms with E-state index in [4.69, 9.17) is 21.3 Å². The number of anilines is 1. The number of carbonyl (C=O) groups is 1. The monoisotopic (exact) mass is 405 g/mol. The predicted octanol–water partition coefficient (Wildman–Crippen LogP) is 5.61. The summed E-state index contributed by atoms with van der Waals surface area (Å²) in [5.41, 5.74) is 5.00. The van der Waals surface area contributed by atoms with Crippen molar-refractivity contribution in [3.8, 4) is 17.0 Å². The van der Waals surface area contributed by atoms with E-state index >= 15 is 0 Å². The number of nitrogens with one attached hydrogen (secondary N) is 1. The summed E-state index contributed by atoms with van der Waals surface area (Å²) in [6.07, 6.45) is 3.98. The molecule has 1 N–H and O–H groups in total. The molecule has 29 heavy (non-hydrogen) atoms. The molecule has 5 nitrogen and oxygen atoms in total. The van der Waals surface area contributed by atoms with Crippen LogP contribution < -0.4 is 10.1 Å². The Morgan fingerprint density at radius 3 is 2.66 bits per heavy atom. The molecule has 0 atom stereocenters. The van der Waals surface area contributed by atoms with Crippen LogP contribution in [0.1, 0.15) is 22.8 Å². The third kappa shape index (κ3) is 3.96. The number of halogens is 1. The van der Waals surface area contributed by atoms with E-state index in [1.165, 1.54) is 0 Å². The topological polar surface area (TPSA) is 55.6 Å². The molecule has 0 spiro atoms. The maximum absolute atomic E-state index is 12.6. The standard InChI is InChI=1S/C23H20ClN3O2/c1-3-29-18-10-11-19(20(24)13-18)23(28)25-17-8-6-16(7-9-17)21-14-27-12-4-5-15(2)22(27)26-21/h4-14H,3H2,1-2H3,(H,25,28). The Hall–Kier alpha value is -3.31. The summed E-state index contributed by atoms with van der Waals surface area (Å²) in [5, 5.41) is 3.23. The highest BCUT2D eigenvalue weighted by molar-refractivity contribution is 6.34. The SMILES string of the molecule is CCOc1ccc(C(=O)Nc2ccc(-c3cn4cccc(C)c4n3)cc2)c(Cl)c1. The van der Waals surface area contributed by atoms with E-state index in [9.17, 15) is 4.79 Å². The van der Waals surface area contributed by atoms with Gasteiger partial charge < -0.3 is 14.5 Å². The highest BCUT2D eigenvalue weighted by atomic mass is 35.5. The molecular weight excluding hydrogens is 386 g/mol. The van der Waals surface area contributed by atoms with Crippen molar-refractivity contribution in [2.24, 2.45) is 0 Å². The van der Waals surface area contributed by atoms with E-state index in [0.717, 1.165) is 22.5 Å². The van der Waals surface area contributed by atoms with Gasteiger partial charge >= 0.3 is 0 Å². The molecule has 0 saturated carbocycles. The number of benzene rings is 2. The van der Waals surface area contributed by atoms with Crippen LogP contribution in [0.5, 0.6) is 5.75 Å². The van der Waals surface area contributed by atoms with Gasteiger partial charge in [0.05, 0.1) is 22.9 Å². The number of ether oxygens (including phenoxy) is 1. The molecule has 0 radical (unpaired) electrons. The van der Waals surface area contributed by atoms with Gasteiger partial charge in [-0.2, -0.15) is 0 Å². The molecule has 146 valence electrons. The minimum atomic E-state index is -0.269. The normalized spacial score (nSPS) is 10.9. The fourth-order valence-electron chi connectivity index (χ4n) is 3.15. The van der Waals surface area contributed by atoms with E-state index in [1.54, 1.807) is 18.2 Å². The Balaban J connectivity index is 1.52. The summed E-state index contributed by atoms with van der Waals surface area (Å²) in [7, 11) is 0. The second kappa shape index (κ2) is 7.97. The largest absolute Gasteiger partial charge is 0.494 e. The summed E-state index contributed by atoms with van der Waals surface area (Å²) in [6, 6.07) is 16.7. The van der Waals surface area contributed by atoms with Crippen LogP contribution in [0.25, 0.3) is 16.9 Å². The molecule has 4 rings (SSSR count). The lowest BCUT2D eigenvalue weighted by molar-refractivity contribution is 0.102. The van der Waals surface area contributed by atoms with Crippen molar-refractivity contribution >= 4 is 28.8 Å². The van der Waals surface area contributed by atoms with Gasteiger partial charge in [-0.3, -0.25) is 4.79 Å². The predicted molar refractivity (Wildman–Crippen MR) is 116 cm³/mol. The molecule has 2 heterocycles. The van der Waals surface area contributed by atoms with Crippen LogP contribution in [0, 0.1) is 6.92 Å². The molecule has 0 bridgehead atoms. The second-order valence-electron chi connectivity index (χ2n) is 6.65. The molecule has 0 saturated heterocycles. The minimum absolute atomic E-state index is 0.269. The van der Waals surface area contributed by atoms with Gasteiger partial charge in [0, 0.05) is 23.6 Å². The minimum Gasteiger partial charge on any atom is -0.494 e. The van der Waals surface area contributed by atoms with E-state index in [0.29, 0.717) is 28.6 Å². The number of fused-ring (bicyclic) bond motifs is 1. The lowest BCUT2D eigenvalue weighted by atomic mass is 10.1. The third-order valence-corrected chi connectivity index (χ3v) is 4.93. The second-order valence-corrected chi connectivity index (χ2v) is 7.06. The van der Waals surface area contributed by atoms with Gasteiger partial charge in [0.2, 0.25) is 0 Å². The number of aromatic nitrogens is 2. The van der Waals surface area contributed by atoms with Gasteiger partial charge in [-0.05, 0) is 55.8 Å². The number of rotatable bonds is 5. The number of hydrogen-bond acceptors (Lipinski definition) is 3. The number of carbonyl (C=O) groups excluding carboxylic acids is 1. The summed E-state index contributed by atoms with van der Waals surface area (Å²) >= 11 is 6.23. The first-order valence-corrected chi connectivity index (χ1v) is 9.71. The average Bonchev–Trinajstić information content (AvgIpc) is 3.14. The van der Waals surface area contributed by atoms with E-state index in [2.05, 4.69) is 5.32 Å². The third-order valence-electron chi connectivity index (χ3n) is 4.61. The number of hydrogen-bond donors (Lipinski definition) is 1. The van der Waals surface area contributed by atoms with Crippen LogP contribution in [0.2, 0.25) is 5.02 Å². The quantitative estimate of drug-likeness (QED) is 0.469. The summed E-state index contributed by atoms with van der Waals surface area (Å²) in [4.78, 5) is 17.3. The first-order valence-electron chi connectivity index (χ1n) is 9.33. The molecule has 2 aromatic heterocycles. The molecule has 6 heteroatoms. The molecular formula is C23H20ClN3O2. The maximum Gasteiger partial charge on any atom is 0.257 e. The molecule has 0 fully saturated rings. The zero-order valence-corrected chi connectivity index (χ0v) is 16.9. The highest BCUT2D eigenvalue weighted by Gasteiger charge is 2.12. The number of pyridine rings is 1. The van der Waals surface area contributed by atoms with Crippen molar-refractivity contribution in [2.45, 2.75) is 13.8 Å². The van der Waals surface area contributed by atoms with Crippen molar-refractivity contribution < 1.29 is 9.53 Å². The van der Waals surface area contributed by atoms with Crippen molar-refractivity contribution in [3.05, 3.63) is 83.1 Å². The fourth-order valence-corrected chi connectivity index (χ4v) is 3.41. The van der Waals surface area contributed by atoms with Crippen LogP contribution in [0.4, 0.5) is 5.69 Å².